The summed E-state index contributed by atoms with van der Waals surface area (Å²) in [5.41, 5.74) is 0.995. The number of hydrogen-bond donors (Lipinski definition) is 1. The average Bonchev–Trinajstić information content (AvgIpc) is 2.58. The molecule has 0 radical (unpaired) electrons. The number of ether oxygens (including phenoxy) is 1. The van der Waals surface area contributed by atoms with Crippen LogP contribution in [0.15, 0.2) is 30.6 Å². The van der Waals surface area contributed by atoms with Gasteiger partial charge in [0.15, 0.2) is 0 Å². The van der Waals surface area contributed by atoms with Crippen molar-refractivity contribution in [3.63, 3.8) is 0 Å². The summed E-state index contributed by atoms with van der Waals surface area (Å²) in [5, 5.41) is 6.56. The largest absolute Gasteiger partial charge is 0.489 e. The zero-order valence-corrected chi connectivity index (χ0v) is 5.95. The first-order chi connectivity index (χ1) is 5.47. The van der Waals surface area contributed by atoms with Gasteiger partial charge in [0.2, 0.25) is 0 Å². The highest BCUT2D eigenvalue weighted by molar-refractivity contribution is 5.60. The lowest BCUT2D eigenvalue weighted by Gasteiger charge is -2.08. The summed E-state index contributed by atoms with van der Waals surface area (Å²) in [5.74, 6) is 0.876. The van der Waals surface area contributed by atoms with Crippen molar-refractivity contribution in [2.24, 2.45) is 0 Å². The second kappa shape index (κ2) is 2.62. The van der Waals surface area contributed by atoms with E-state index in [2.05, 4.69) is 10.2 Å². The summed E-state index contributed by atoms with van der Waals surface area (Å²) in [7, 11) is 0. The molecule has 0 bridgehead atoms. The van der Waals surface area contributed by atoms with Gasteiger partial charge in [0.1, 0.15) is 12.4 Å². The maximum Gasteiger partial charge on any atom is 0.130 e. The molecule has 3 heteroatoms. The first kappa shape index (κ1) is 6.22. The fourth-order valence-corrected chi connectivity index (χ4v) is 0.962. The number of H-pyrrole nitrogens is 1. The van der Waals surface area contributed by atoms with Crippen molar-refractivity contribution in [2.45, 2.75) is 0 Å². The number of rotatable bonds is 1. The first-order valence-electron chi connectivity index (χ1n) is 3.45. The van der Waals surface area contributed by atoms with Crippen molar-refractivity contribution in [3.05, 3.63) is 36.2 Å². The molecule has 11 heavy (non-hydrogen) atoms. The second-order valence-electron chi connectivity index (χ2n) is 2.26. The fourth-order valence-electron chi connectivity index (χ4n) is 0.962. The SMILES string of the molecule is C1=CCOC(c2cn[nH]c2)=C1. The maximum atomic E-state index is 5.34. The molecule has 0 saturated heterocycles. The van der Waals surface area contributed by atoms with Crippen molar-refractivity contribution in [3.8, 4) is 0 Å². The summed E-state index contributed by atoms with van der Waals surface area (Å²) < 4.78 is 5.34. The van der Waals surface area contributed by atoms with Crippen LogP contribution in [0.1, 0.15) is 5.56 Å². The zero-order valence-electron chi connectivity index (χ0n) is 5.95. The summed E-state index contributed by atoms with van der Waals surface area (Å²) in [6.45, 7) is 0.650. The number of aromatic nitrogens is 2. The van der Waals surface area contributed by atoms with Gasteiger partial charge in [-0.25, -0.2) is 0 Å². The van der Waals surface area contributed by atoms with Gasteiger partial charge in [0, 0.05) is 6.20 Å². The highest BCUT2D eigenvalue weighted by Gasteiger charge is 2.03. The lowest BCUT2D eigenvalue weighted by Crippen LogP contribution is -1.94. The van der Waals surface area contributed by atoms with Gasteiger partial charge in [0.05, 0.1) is 11.8 Å². The van der Waals surface area contributed by atoms with Gasteiger partial charge >= 0.3 is 0 Å². The van der Waals surface area contributed by atoms with Gasteiger partial charge < -0.3 is 4.74 Å². The van der Waals surface area contributed by atoms with Crippen LogP contribution < -0.4 is 0 Å². The molecule has 56 valence electrons. The predicted molar refractivity (Wildman–Crippen MR) is 41.7 cm³/mol. The smallest absolute Gasteiger partial charge is 0.130 e. The Morgan fingerprint density at radius 3 is 3.18 bits per heavy atom. The molecule has 3 nitrogen and oxygen atoms in total. The number of nitrogens with one attached hydrogen (secondary N) is 1. The molecule has 2 heterocycles. The van der Waals surface area contributed by atoms with Gasteiger partial charge in [0.25, 0.3) is 0 Å². The maximum absolute atomic E-state index is 5.34. The van der Waals surface area contributed by atoms with E-state index in [9.17, 15) is 0 Å². The molecule has 0 fully saturated rings. The van der Waals surface area contributed by atoms with Gasteiger partial charge in [-0.2, -0.15) is 5.10 Å². The van der Waals surface area contributed by atoms with E-state index in [0.29, 0.717) is 6.61 Å². The molecule has 0 aromatic carbocycles. The quantitative estimate of drug-likeness (QED) is 0.652. The van der Waals surface area contributed by atoms with E-state index in [-0.39, 0.29) is 0 Å². The zero-order chi connectivity index (χ0) is 7.52. The van der Waals surface area contributed by atoms with E-state index in [4.69, 9.17) is 4.74 Å². The predicted octanol–water partition coefficient (Wildman–Crippen LogP) is 1.34. The highest BCUT2D eigenvalue weighted by atomic mass is 16.5. The lowest BCUT2D eigenvalue weighted by atomic mass is 10.2. The van der Waals surface area contributed by atoms with Crippen LogP contribution in [0.2, 0.25) is 0 Å². The van der Waals surface area contributed by atoms with E-state index < -0.39 is 0 Å². The molecule has 1 aliphatic rings. The number of allylic oxidation sites excluding steroid dienone is 2. The van der Waals surface area contributed by atoms with Crippen LogP contribution in [-0.2, 0) is 4.74 Å². The van der Waals surface area contributed by atoms with Crippen LogP contribution in [0.3, 0.4) is 0 Å². The molecule has 1 aromatic heterocycles. The summed E-state index contributed by atoms with van der Waals surface area (Å²) in [6, 6.07) is 0. The standard InChI is InChI=1S/C8H8N2O/c1-2-4-11-8(3-1)7-5-9-10-6-7/h1-3,5-6H,4H2,(H,9,10). The van der Waals surface area contributed by atoms with Gasteiger partial charge in [-0.15, -0.1) is 0 Å². The number of aromatic amines is 1. The molecule has 0 spiro atoms. The number of hydrogen-bond acceptors (Lipinski definition) is 2. The van der Waals surface area contributed by atoms with Gasteiger partial charge in [-0.1, -0.05) is 6.08 Å². The fraction of sp³-hybridized carbons (Fsp3) is 0.125. The van der Waals surface area contributed by atoms with Crippen LogP contribution >= 0.6 is 0 Å². The third kappa shape index (κ3) is 1.17. The number of nitrogens with zero attached hydrogens (tertiary/aromatic N) is 1. The van der Waals surface area contributed by atoms with Crippen molar-refractivity contribution in [1.82, 2.24) is 10.2 Å². The van der Waals surface area contributed by atoms with E-state index in [1.807, 2.05) is 24.4 Å². The third-order valence-electron chi connectivity index (χ3n) is 1.50. The Hall–Kier alpha value is -1.51. The molecule has 0 saturated carbocycles. The van der Waals surface area contributed by atoms with E-state index in [1.165, 1.54) is 0 Å². The normalized spacial score (nSPS) is 15.8. The van der Waals surface area contributed by atoms with Gasteiger partial charge in [-0.3, -0.25) is 5.10 Å². The lowest BCUT2D eigenvalue weighted by molar-refractivity contribution is 0.316. The van der Waals surface area contributed by atoms with Crippen LogP contribution in [0.4, 0.5) is 0 Å². The summed E-state index contributed by atoms with van der Waals surface area (Å²) >= 11 is 0. The Balaban J connectivity index is 2.29. The molecular formula is C8H8N2O. The molecule has 1 N–H and O–H groups in total. The van der Waals surface area contributed by atoms with E-state index >= 15 is 0 Å². The van der Waals surface area contributed by atoms with Crippen molar-refractivity contribution < 1.29 is 4.74 Å². The topological polar surface area (TPSA) is 37.9 Å². The van der Waals surface area contributed by atoms with E-state index in [1.54, 1.807) is 6.20 Å². The van der Waals surface area contributed by atoms with Crippen molar-refractivity contribution in [1.29, 1.82) is 0 Å². The molecule has 0 amide bonds. The molecule has 1 aliphatic heterocycles. The van der Waals surface area contributed by atoms with Gasteiger partial charge in [-0.05, 0) is 12.2 Å². The molecular weight excluding hydrogens is 140 g/mol. The van der Waals surface area contributed by atoms with Crippen molar-refractivity contribution in [2.75, 3.05) is 6.61 Å². The van der Waals surface area contributed by atoms with Crippen LogP contribution in [0.5, 0.6) is 0 Å². The Morgan fingerprint density at radius 1 is 1.55 bits per heavy atom. The monoisotopic (exact) mass is 148 g/mol. The Kier molecular flexibility index (Phi) is 1.48. The minimum Gasteiger partial charge on any atom is -0.489 e. The summed E-state index contributed by atoms with van der Waals surface area (Å²) in [6.07, 6.45) is 9.42. The molecule has 1 aromatic rings. The average molecular weight is 148 g/mol. The highest BCUT2D eigenvalue weighted by Crippen LogP contribution is 2.16. The minimum atomic E-state index is 0.650. The first-order valence-corrected chi connectivity index (χ1v) is 3.45. The van der Waals surface area contributed by atoms with Crippen LogP contribution in [0.25, 0.3) is 5.76 Å². The molecule has 0 atom stereocenters. The molecule has 0 aliphatic carbocycles. The Morgan fingerprint density at radius 2 is 2.55 bits per heavy atom. The van der Waals surface area contributed by atoms with Crippen LogP contribution in [-0.4, -0.2) is 16.8 Å². The Labute approximate surface area is 64.4 Å². The summed E-state index contributed by atoms with van der Waals surface area (Å²) in [4.78, 5) is 0. The molecule has 2 rings (SSSR count). The Bertz CT molecular complexity index is 285. The minimum absolute atomic E-state index is 0.650. The molecule has 0 unspecified atom stereocenters. The van der Waals surface area contributed by atoms with Crippen molar-refractivity contribution >= 4 is 5.76 Å². The third-order valence-corrected chi connectivity index (χ3v) is 1.50. The van der Waals surface area contributed by atoms with E-state index in [0.717, 1.165) is 11.3 Å². The van der Waals surface area contributed by atoms with Crippen LogP contribution in [0, 0.1) is 0 Å². The second-order valence-corrected chi connectivity index (χ2v) is 2.26.